The van der Waals surface area contributed by atoms with Crippen molar-refractivity contribution in [2.75, 3.05) is 12.0 Å². The molecule has 0 unspecified atom stereocenters. The summed E-state index contributed by atoms with van der Waals surface area (Å²) >= 11 is 0. The van der Waals surface area contributed by atoms with Crippen molar-refractivity contribution in [2.45, 2.75) is 13.1 Å². The van der Waals surface area contributed by atoms with Gasteiger partial charge >= 0.3 is 5.97 Å². The molecule has 0 aliphatic rings. The maximum Gasteiger partial charge on any atom is 0.348 e. The number of aromatic nitrogens is 2. The van der Waals surface area contributed by atoms with Gasteiger partial charge in [0, 0.05) is 19.3 Å². The van der Waals surface area contributed by atoms with Crippen molar-refractivity contribution in [3.05, 3.63) is 118 Å². The Labute approximate surface area is 196 Å². The first-order chi connectivity index (χ1) is 16.6. The van der Waals surface area contributed by atoms with Crippen molar-refractivity contribution in [1.82, 2.24) is 9.38 Å². The van der Waals surface area contributed by atoms with E-state index in [4.69, 9.17) is 9.72 Å². The average Bonchev–Trinajstić information content (AvgIpc) is 2.88. The van der Waals surface area contributed by atoms with Gasteiger partial charge in [-0.05, 0) is 29.3 Å². The Kier molecular flexibility index (Phi) is 6.80. The number of hydrogen-bond acceptors (Lipinski definition) is 6. The van der Waals surface area contributed by atoms with Gasteiger partial charge in [-0.1, -0.05) is 66.7 Å². The first-order valence-corrected chi connectivity index (χ1v) is 10.6. The minimum absolute atomic E-state index is 0.137. The molecule has 0 saturated carbocycles. The van der Waals surface area contributed by atoms with E-state index in [1.807, 2.05) is 71.6 Å². The molecule has 0 N–H and O–H groups in total. The average molecular weight is 450 g/mol. The highest BCUT2D eigenvalue weighted by molar-refractivity contribution is 5.98. The topological polar surface area (TPSA) is 87.7 Å². The summed E-state index contributed by atoms with van der Waals surface area (Å²) < 4.78 is 6.12. The maximum atomic E-state index is 13.5. The Morgan fingerprint density at radius 2 is 1.59 bits per heavy atom. The van der Waals surface area contributed by atoms with Gasteiger partial charge in [-0.15, -0.1) is 0 Å². The molecule has 0 atom stereocenters. The molecule has 0 aliphatic carbocycles. The fourth-order valence-corrected chi connectivity index (χ4v) is 3.66. The van der Waals surface area contributed by atoms with Crippen molar-refractivity contribution in [3.63, 3.8) is 0 Å². The molecule has 2 aromatic carbocycles. The number of carbonyl (C=O) groups is 1. The van der Waals surface area contributed by atoms with Crippen LogP contribution in [0, 0.1) is 11.3 Å². The zero-order valence-electron chi connectivity index (χ0n) is 18.6. The maximum absolute atomic E-state index is 13.5. The van der Waals surface area contributed by atoms with Crippen LogP contribution in [-0.4, -0.2) is 22.5 Å². The van der Waals surface area contributed by atoms with Crippen molar-refractivity contribution >= 4 is 23.5 Å². The van der Waals surface area contributed by atoms with Gasteiger partial charge in [0.15, 0.2) is 0 Å². The van der Waals surface area contributed by atoms with Gasteiger partial charge < -0.3 is 9.64 Å². The number of hydrogen-bond donors (Lipinski definition) is 0. The Hall–Kier alpha value is -4.70. The molecule has 4 rings (SSSR count). The predicted octanol–water partition coefficient (Wildman–Crippen LogP) is 3.98. The first kappa shape index (κ1) is 22.5. The number of methoxy groups -OCH3 is 1. The number of fused-ring (bicyclic) bond motifs is 1. The summed E-state index contributed by atoms with van der Waals surface area (Å²) in [7, 11) is 1.19. The minimum Gasteiger partial charge on any atom is -0.465 e. The van der Waals surface area contributed by atoms with E-state index in [0.717, 1.165) is 11.1 Å². The smallest absolute Gasteiger partial charge is 0.348 e. The third kappa shape index (κ3) is 4.87. The van der Waals surface area contributed by atoms with Crippen LogP contribution in [0.4, 0.5) is 5.82 Å². The standard InChI is InChI=1S/C27H22N4O3/c1-34-27(33)22(17-28)16-23-25(29-24-14-8-9-15-31(24)26(23)32)30(18-20-10-4-2-5-11-20)19-21-12-6-3-7-13-21/h2-16H,18-19H2,1H3. The molecule has 0 amide bonds. The van der Waals surface area contributed by atoms with E-state index < -0.39 is 5.97 Å². The largest absolute Gasteiger partial charge is 0.465 e. The van der Waals surface area contributed by atoms with Crippen LogP contribution in [0.5, 0.6) is 0 Å². The van der Waals surface area contributed by atoms with Crippen LogP contribution >= 0.6 is 0 Å². The molecule has 168 valence electrons. The van der Waals surface area contributed by atoms with Crippen molar-refractivity contribution in [1.29, 1.82) is 5.26 Å². The second-order valence-electron chi connectivity index (χ2n) is 7.57. The van der Waals surface area contributed by atoms with E-state index in [0.29, 0.717) is 24.6 Å². The summed E-state index contributed by atoms with van der Waals surface area (Å²) in [5.74, 6) is -0.441. The van der Waals surface area contributed by atoms with Crippen LogP contribution in [0.25, 0.3) is 11.7 Å². The van der Waals surface area contributed by atoms with E-state index in [1.54, 1.807) is 24.4 Å². The lowest BCUT2D eigenvalue weighted by molar-refractivity contribution is -0.135. The SMILES string of the molecule is COC(=O)C(C#N)=Cc1c(N(Cc2ccccc2)Cc2ccccc2)nc2ccccn2c1=O. The van der Waals surface area contributed by atoms with E-state index in [9.17, 15) is 14.9 Å². The molecular formula is C27H22N4O3. The number of esters is 1. The highest BCUT2D eigenvalue weighted by atomic mass is 16.5. The molecular weight excluding hydrogens is 428 g/mol. The van der Waals surface area contributed by atoms with E-state index in [2.05, 4.69) is 0 Å². The molecule has 7 nitrogen and oxygen atoms in total. The highest BCUT2D eigenvalue weighted by Gasteiger charge is 2.20. The van der Waals surface area contributed by atoms with Crippen LogP contribution in [0.3, 0.4) is 0 Å². The van der Waals surface area contributed by atoms with E-state index in [-0.39, 0.29) is 16.7 Å². The van der Waals surface area contributed by atoms with Crippen LogP contribution in [0.1, 0.15) is 16.7 Å². The van der Waals surface area contributed by atoms with E-state index in [1.165, 1.54) is 17.6 Å². The minimum atomic E-state index is -0.816. The number of nitrogens with zero attached hydrogens (tertiary/aromatic N) is 4. The summed E-state index contributed by atoms with van der Waals surface area (Å²) in [6.45, 7) is 0.929. The summed E-state index contributed by atoms with van der Waals surface area (Å²) in [6.07, 6.45) is 2.87. The third-order valence-corrected chi connectivity index (χ3v) is 5.30. The second kappa shape index (κ2) is 10.3. The Morgan fingerprint density at radius 1 is 1.00 bits per heavy atom. The van der Waals surface area contributed by atoms with Crippen LogP contribution in [-0.2, 0) is 22.6 Å². The molecule has 0 fully saturated rings. The highest BCUT2D eigenvalue weighted by Crippen LogP contribution is 2.24. The van der Waals surface area contributed by atoms with Crippen LogP contribution in [0.15, 0.2) is 95.4 Å². The lowest BCUT2D eigenvalue weighted by Crippen LogP contribution is -2.29. The molecule has 4 aromatic rings. The monoisotopic (exact) mass is 450 g/mol. The zero-order valence-corrected chi connectivity index (χ0v) is 18.6. The van der Waals surface area contributed by atoms with E-state index >= 15 is 0 Å². The normalized spacial score (nSPS) is 11.1. The molecule has 2 aromatic heterocycles. The number of anilines is 1. The molecule has 0 radical (unpaired) electrons. The number of carbonyl (C=O) groups excluding carboxylic acids is 1. The quantitative estimate of drug-likeness (QED) is 0.240. The van der Waals surface area contributed by atoms with Gasteiger partial charge in [0.25, 0.3) is 5.56 Å². The predicted molar refractivity (Wildman–Crippen MR) is 130 cm³/mol. The molecule has 0 aliphatic heterocycles. The van der Waals surface area contributed by atoms with Crippen molar-refractivity contribution in [2.24, 2.45) is 0 Å². The molecule has 34 heavy (non-hydrogen) atoms. The molecule has 0 bridgehead atoms. The van der Waals surface area contributed by atoms with Crippen molar-refractivity contribution < 1.29 is 9.53 Å². The second-order valence-corrected chi connectivity index (χ2v) is 7.57. The Morgan fingerprint density at radius 3 is 2.15 bits per heavy atom. The Balaban J connectivity index is 1.95. The molecule has 0 spiro atoms. The summed E-state index contributed by atoms with van der Waals surface area (Å²) in [5.41, 5.74) is 1.98. The van der Waals surface area contributed by atoms with Crippen LogP contribution in [0.2, 0.25) is 0 Å². The fourth-order valence-electron chi connectivity index (χ4n) is 3.66. The molecule has 7 heteroatoms. The molecule has 2 heterocycles. The number of ether oxygens (including phenoxy) is 1. The van der Waals surface area contributed by atoms with Crippen LogP contribution < -0.4 is 10.5 Å². The van der Waals surface area contributed by atoms with Gasteiger partial charge in [0.1, 0.15) is 23.1 Å². The van der Waals surface area contributed by atoms with Gasteiger partial charge in [-0.25, -0.2) is 9.78 Å². The zero-order chi connectivity index (χ0) is 23.9. The first-order valence-electron chi connectivity index (χ1n) is 10.6. The van der Waals surface area contributed by atoms with Gasteiger partial charge in [-0.3, -0.25) is 9.20 Å². The number of benzene rings is 2. The lowest BCUT2D eigenvalue weighted by Gasteiger charge is -2.26. The van der Waals surface area contributed by atoms with Gasteiger partial charge in [0.2, 0.25) is 0 Å². The van der Waals surface area contributed by atoms with Crippen molar-refractivity contribution in [3.8, 4) is 6.07 Å². The number of rotatable bonds is 7. The van der Waals surface area contributed by atoms with Gasteiger partial charge in [0.05, 0.1) is 12.7 Å². The number of pyridine rings is 1. The summed E-state index contributed by atoms with van der Waals surface area (Å²) in [6, 6.07) is 26.8. The lowest BCUT2D eigenvalue weighted by atomic mass is 10.1. The molecule has 0 saturated heterocycles. The Bertz CT molecular complexity index is 1400. The van der Waals surface area contributed by atoms with Gasteiger partial charge in [-0.2, -0.15) is 5.26 Å². The third-order valence-electron chi connectivity index (χ3n) is 5.30. The number of nitriles is 1. The summed E-state index contributed by atoms with van der Waals surface area (Å²) in [5, 5.41) is 9.53. The summed E-state index contributed by atoms with van der Waals surface area (Å²) in [4.78, 5) is 32.4. The fraction of sp³-hybridized carbons (Fsp3) is 0.111.